The van der Waals surface area contributed by atoms with Crippen molar-refractivity contribution in [1.29, 1.82) is 0 Å². The second kappa shape index (κ2) is 6.77. The molecule has 1 fully saturated rings. The van der Waals surface area contributed by atoms with E-state index < -0.39 is 15.8 Å². The van der Waals surface area contributed by atoms with Gasteiger partial charge in [0, 0.05) is 13.1 Å². The Hall–Kier alpha value is -2.74. The van der Waals surface area contributed by atoms with Gasteiger partial charge in [0.25, 0.3) is 10.0 Å². The van der Waals surface area contributed by atoms with E-state index in [1.54, 1.807) is 31.3 Å². The molecule has 0 spiro atoms. The number of nitrogens with zero attached hydrogens (tertiary/aromatic N) is 1. The van der Waals surface area contributed by atoms with Crippen LogP contribution in [0.15, 0.2) is 56.6 Å². The van der Waals surface area contributed by atoms with Gasteiger partial charge in [-0.05, 0) is 62.1 Å². The Morgan fingerprint density at radius 1 is 1.11 bits per heavy atom. The Morgan fingerprint density at radius 3 is 2.52 bits per heavy atom. The third-order valence-electron chi connectivity index (χ3n) is 4.78. The summed E-state index contributed by atoms with van der Waals surface area (Å²) in [7, 11) is -2.17. The Kier molecular flexibility index (Phi) is 4.43. The molecule has 1 aliphatic carbocycles. The lowest BCUT2D eigenvalue weighted by Gasteiger charge is -2.13. The summed E-state index contributed by atoms with van der Waals surface area (Å²) >= 11 is 0. The van der Waals surface area contributed by atoms with Gasteiger partial charge in [-0.3, -0.25) is 9.29 Å². The SMILES string of the molecule is Cn1c(=O)oc2cc(NS(=O)(=O)c3ccc(OC4CCCC4)cc3)ccc21. The van der Waals surface area contributed by atoms with E-state index in [4.69, 9.17) is 9.15 Å². The second-order valence-corrected chi connectivity index (χ2v) is 8.39. The summed E-state index contributed by atoms with van der Waals surface area (Å²) < 4.78 is 40.1. The maximum atomic E-state index is 12.6. The highest BCUT2D eigenvalue weighted by molar-refractivity contribution is 7.92. The number of anilines is 1. The number of nitrogens with one attached hydrogen (secondary N) is 1. The monoisotopic (exact) mass is 388 g/mol. The molecule has 1 aliphatic rings. The van der Waals surface area contributed by atoms with Crippen LogP contribution >= 0.6 is 0 Å². The second-order valence-electron chi connectivity index (χ2n) is 6.71. The molecule has 0 saturated heterocycles. The van der Waals surface area contributed by atoms with E-state index in [9.17, 15) is 13.2 Å². The molecule has 8 heteroatoms. The minimum absolute atomic E-state index is 0.135. The Balaban J connectivity index is 1.53. The van der Waals surface area contributed by atoms with Crippen LogP contribution in [0.2, 0.25) is 0 Å². The molecule has 7 nitrogen and oxygen atoms in total. The van der Waals surface area contributed by atoms with Gasteiger partial charge in [-0.1, -0.05) is 0 Å². The number of sulfonamides is 1. The zero-order chi connectivity index (χ0) is 19.0. The highest BCUT2D eigenvalue weighted by atomic mass is 32.2. The van der Waals surface area contributed by atoms with E-state index >= 15 is 0 Å². The van der Waals surface area contributed by atoms with Gasteiger partial charge in [-0.2, -0.15) is 0 Å². The number of fused-ring (bicyclic) bond motifs is 1. The zero-order valence-electron chi connectivity index (χ0n) is 14.8. The molecule has 142 valence electrons. The molecule has 0 unspecified atom stereocenters. The number of oxazole rings is 1. The van der Waals surface area contributed by atoms with Crippen LogP contribution in [0.25, 0.3) is 11.1 Å². The smallest absolute Gasteiger partial charge is 0.419 e. The molecule has 27 heavy (non-hydrogen) atoms. The van der Waals surface area contributed by atoms with Crippen molar-refractivity contribution in [2.24, 2.45) is 7.05 Å². The van der Waals surface area contributed by atoms with Gasteiger partial charge < -0.3 is 9.15 Å². The normalized spacial score (nSPS) is 15.3. The first kappa shape index (κ1) is 17.7. The minimum Gasteiger partial charge on any atom is -0.490 e. The Bertz CT molecular complexity index is 1120. The van der Waals surface area contributed by atoms with Crippen molar-refractivity contribution in [1.82, 2.24) is 4.57 Å². The molecule has 1 aromatic heterocycles. The molecule has 4 rings (SSSR count). The maximum absolute atomic E-state index is 12.6. The van der Waals surface area contributed by atoms with E-state index in [1.165, 1.54) is 35.6 Å². The topological polar surface area (TPSA) is 90.5 Å². The van der Waals surface area contributed by atoms with E-state index in [2.05, 4.69) is 4.72 Å². The predicted molar refractivity (Wildman–Crippen MR) is 102 cm³/mol. The van der Waals surface area contributed by atoms with Crippen molar-refractivity contribution in [3.8, 4) is 5.75 Å². The van der Waals surface area contributed by atoms with Gasteiger partial charge in [0.1, 0.15) is 5.75 Å². The summed E-state index contributed by atoms with van der Waals surface area (Å²) in [5.74, 6) is 0.177. The van der Waals surface area contributed by atoms with Gasteiger partial charge in [-0.25, -0.2) is 13.2 Å². The molecule has 1 saturated carbocycles. The zero-order valence-corrected chi connectivity index (χ0v) is 15.7. The number of rotatable bonds is 5. The standard InChI is InChI=1S/C19H20N2O5S/c1-21-17-11-6-13(12-18(17)26-19(21)22)20-27(23,24)16-9-7-15(8-10-16)25-14-4-2-3-5-14/h6-12,14,20H,2-5H2,1H3. The molecule has 2 aromatic carbocycles. The molecule has 0 radical (unpaired) electrons. The van der Waals surface area contributed by atoms with Crippen molar-refractivity contribution < 1.29 is 17.6 Å². The third kappa shape index (κ3) is 3.57. The van der Waals surface area contributed by atoms with Crippen molar-refractivity contribution in [3.63, 3.8) is 0 Å². The first-order valence-electron chi connectivity index (χ1n) is 8.81. The largest absolute Gasteiger partial charge is 0.490 e. The first-order chi connectivity index (χ1) is 12.9. The van der Waals surface area contributed by atoms with Gasteiger partial charge in [0.2, 0.25) is 0 Å². The first-order valence-corrected chi connectivity index (χ1v) is 10.3. The van der Waals surface area contributed by atoms with E-state index in [-0.39, 0.29) is 11.0 Å². The molecule has 0 aliphatic heterocycles. The highest BCUT2D eigenvalue weighted by Gasteiger charge is 2.18. The van der Waals surface area contributed by atoms with Crippen LogP contribution < -0.4 is 15.2 Å². The van der Waals surface area contributed by atoms with Gasteiger partial charge in [0.15, 0.2) is 5.58 Å². The lowest BCUT2D eigenvalue weighted by Crippen LogP contribution is -2.13. The highest BCUT2D eigenvalue weighted by Crippen LogP contribution is 2.26. The fraction of sp³-hybridized carbons (Fsp3) is 0.316. The lowest BCUT2D eigenvalue weighted by molar-refractivity contribution is 0.210. The minimum atomic E-state index is -3.76. The van der Waals surface area contributed by atoms with Crippen molar-refractivity contribution >= 4 is 26.8 Å². The fourth-order valence-corrected chi connectivity index (χ4v) is 4.36. The Labute approximate surface area is 156 Å². The van der Waals surface area contributed by atoms with Crippen molar-refractivity contribution in [2.45, 2.75) is 36.7 Å². The van der Waals surface area contributed by atoms with E-state index in [1.807, 2.05) is 0 Å². The van der Waals surface area contributed by atoms with Gasteiger partial charge in [0.05, 0.1) is 22.2 Å². The van der Waals surface area contributed by atoms with Gasteiger partial charge in [-0.15, -0.1) is 0 Å². The van der Waals surface area contributed by atoms with Gasteiger partial charge >= 0.3 is 5.76 Å². The molecule has 0 bridgehead atoms. The van der Waals surface area contributed by atoms with Crippen molar-refractivity contribution in [2.75, 3.05) is 4.72 Å². The summed E-state index contributed by atoms with van der Waals surface area (Å²) in [6, 6.07) is 11.1. The number of benzene rings is 2. The number of hydrogen-bond donors (Lipinski definition) is 1. The van der Waals surface area contributed by atoms with Crippen LogP contribution in [0.4, 0.5) is 5.69 Å². The van der Waals surface area contributed by atoms with Crippen LogP contribution in [0.1, 0.15) is 25.7 Å². The maximum Gasteiger partial charge on any atom is 0.419 e. The summed E-state index contributed by atoms with van der Waals surface area (Å²) in [6.45, 7) is 0. The number of ether oxygens (including phenoxy) is 1. The van der Waals surface area contributed by atoms with E-state index in [0.717, 1.165) is 12.8 Å². The van der Waals surface area contributed by atoms with Crippen LogP contribution in [0, 0.1) is 0 Å². The number of hydrogen-bond acceptors (Lipinski definition) is 5. The quantitative estimate of drug-likeness (QED) is 0.724. The molecule has 1 N–H and O–H groups in total. The van der Waals surface area contributed by atoms with Crippen LogP contribution in [-0.4, -0.2) is 19.1 Å². The average molecular weight is 388 g/mol. The molecule has 3 aromatic rings. The summed E-state index contributed by atoms with van der Waals surface area (Å²) in [5.41, 5.74) is 1.24. The van der Waals surface area contributed by atoms with Crippen molar-refractivity contribution in [3.05, 3.63) is 53.0 Å². The summed E-state index contributed by atoms with van der Waals surface area (Å²) in [5, 5.41) is 0. The molecule has 0 atom stereocenters. The molecular weight excluding hydrogens is 368 g/mol. The number of aromatic nitrogens is 1. The van der Waals surface area contributed by atoms with Crippen LogP contribution in [0.3, 0.4) is 0 Å². The predicted octanol–water partition coefficient (Wildman–Crippen LogP) is 3.25. The molecule has 0 amide bonds. The lowest BCUT2D eigenvalue weighted by atomic mass is 10.3. The number of aryl methyl sites for hydroxylation is 1. The summed E-state index contributed by atoms with van der Waals surface area (Å²) in [6.07, 6.45) is 4.65. The third-order valence-corrected chi connectivity index (χ3v) is 6.18. The summed E-state index contributed by atoms with van der Waals surface area (Å²) in [4.78, 5) is 11.7. The Morgan fingerprint density at radius 2 is 1.81 bits per heavy atom. The van der Waals surface area contributed by atoms with E-state index in [0.29, 0.717) is 22.5 Å². The molecular formula is C19H20N2O5S. The van der Waals surface area contributed by atoms with Crippen LogP contribution in [-0.2, 0) is 17.1 Å². The molecule has 1 heterocycles. The van der Waals surface area contributed by atoms with Crippen LogP contribution in [0.5, 0.6) is 5.75 Å². The fourth-order valence-electron chi connectivity index (χ4n) is 3.31. The average Bonchev–Trinajstić information content (AvgIpc) is 3.23.